The Bertz CT molecular complexity index is 278. The van der Waals surface area contributed by atoms with Gasteiger partial charge in [0.15, 0.2) is 0 Å². The van der Waals surface area contributed by atoms with Crippen LogP contribution in [-0.2, 0) is 0 Å². The highest BCUT2D eigenvalue weighted by molar-refractivity contribution is 5.91. The Labute approximate surface area is 70.9 Å². The SMILES string of the molecule is CNC(=O)c1cc(C(C)C)no1. The highest BCUT2D eigenvalue weighted by Crippen LogP contribution is 2.13. The first-order valence-corrected chi connectivity index (χ1v) is 3.84. The zero-order chi connectivity index (χ0) is 9.14. The third-order valence-corrected chi connectivity index (χ3v) is 1.57. The average Bonchev–Trinajstić information content (AvgIpc) is 2.51. The van der Waals surface area contributed by atoms with Crippen molar-refractivity contribution >= 4 is 5.91 Å². The number of nitrogens with one attached hydrogen (secondary N) is 1. The van der Waals surface area contributed by atoms with Crippen molar-refractivity contribution in [3.63, 3.8) is 0 Å². The monoisotopic (exact) mass is 168 g/mol. The lowest BCUT2D eigenvalue weighted by Crippen LogP contribution is -2.16. The van der Waals surface area contributed by atoms with Crippen molar-refractivity contribution in [3.05, 3.63) is 17.5 Å². The molecule has 0 aliphatic heterocycles. The molecule has 1 amide bonds. The summed E-state index contributed by atoms with van der Waals surface area (Å²) in [6, 6.07) is 1.66. The lowest BCUT2D eigenvalue weighted by atomic mass is 10.1. The van der Waals surface area contributed by atoms with Gasteiger partial charge in [-0.15, -0.1) is 0 Å². The Morgan fingerprint density at radius 1 is 1.67 bits per heavy atom. The first-order chi connectivity index (χ1) is 5.65. The molecule has 0 bridgehead atoms. The summed E-state index contributed by atoms with van der Waals surface area (Å²) in [6.45, 7) is 3.98. The van der Waals surface area contributed by atoms with Gasteiger partial charge >= 0.3 is 0 Å². The minimum absolute atomic E-state index is 0.241. The van der Waals surface area contributed by atoms with Crippen LogP contribution in [0.3, 0.4) is 0 Å². The summed E-state index contributed by atoms with van der Waals surface area (Å²) < 4.78 is 4.82. The molecule has 0 spiro atoms. The van der Waals surface area contributed by atoms with E-state index in [1.54, 1.807) is 13.1 Å². The lowest BCUT2D eigenvalue weighted by Gasteiger charge is -1.93. The van der Waals surface area contributed by atoms with E-state index in [1.165, 1.54) is 0 Å². The van der Waals surface area contributed by atoms with Crippen LogP contribution in [-0.4, -0.2) is 18.1 Å². The summed E-state index contributed by atoms with van der Waals surface area (Å²) >= 11 is 0. The van der Waals surface area contributed by atoms with Gasteiger partial charge in [0.25, 0.3) is 5.91 Å². The largest absolute Gasteiger partial charge is 0.352 e. The molecule has 4 heteroatoms. The molecule has 0 saturated heterocycles. The van der Waals surface area contributed by atoms with E-state index in [1.807, 2.05) is 13.8 Å². The second-order valence-corrected chi connectivity index (χ2v) is 2.85. The molecule has 1 aromatic heterocycles. The van der Waals surface area contributed by atoms with Crippen LogP contribution in [0.15, 0.2) is 10.6 Å². The van der Waals surface area contributed by atoms with Crippen molar-refractivity contribution < 1.29 is 9.32 Å². The maximum absolute atomic E-state index is 11.0. The van der Waals surface area contributed by atoms with E-state index in [0.29, 0.717) is 0 Å². The van der Waals surface area contributed by atoms with Crippen LogP contribution in [0, 0.1) is 0 Å². The molecule has 0 aromatic carbocycles. The molecule has 1 aromatic rings. The molecule has 0 aliphatic carbocycles. The second kappa shape index (κ2) is 3.38. The van der Waals surface area contributed by atoms with Crippen LogP contribution in [0.1, 0.15) is 36.0 Å². The van der Waals surface area contributed by atoms with Gasteiger partial charge in [-0.1, -0.05) is 19.0 Å². The summed E-state index contributed by atoms with van der Waals surface area (Å²) in [4.78, 5) is 11.0. The normalized spacial score (nSPS) is 10.3. The van der Waals surface area contributed by atoms with Gasteiger partial charge in [0.2, 0.25) is 5.76 Å². The van der Waals surface area contributed by atoms with Crippen LogP contribution in [0.25, 0.3) is 0 Å². The van der Waals surface area contributed by atoms with E-state index in [-0.39, 0.29) is 17.6 Å². The smallest absolute Gasteiger partial charge is 0.289 e. The van der Waals surface area contributed by atoms with Crippen LogP contribution < -0.4 is 5.32 Å². The Morgan fingerprint density at radius 3 is 2.75 bits per heavy atom. The minimum atomic E-state index is -0.241. The van der Waals surface area contributed by atoms with Crippen LogP contribution >= 0.6 is 0 Å². The van der Waals surface area contributed by atoms with Gasteiger partial charge < -0.3 is 9.84 Å². The highest BCUT2D eigenvalue weighted by atomic mass is 16.5. The Hall–Kier alpha value is -1.32. The van der Waals surface area contributed by atoms with Crippen molar-refractivity contribution in [1.29, 1.82) is 0 Å². The van der Waals surface area contributed by atoms with Crippen LogP contribution in [0.5, 0.6) is 0 Å². The third-order valence-electron chi connectivity index (χ3n) is 1.57. The van der Waals surface area contributed by atoms with Gasteiger partial charge in [-0.2, -0.15) is 0 Å². The lowest BCUT2D eigenvalue weighted by molar-refractivity contribution is 0.0926. The van der Waals surface area contributed by atoms with Gasteiger partial charge in [-0.25, -0.2) is 0 Å². The Balaban J connectivity index is 2.84. The number of nitrogens with zero attached hydrogens (tertiary/aromatic N) is 1. The Morgan fingerprint density at radius 2 is 2.33 bits per heavy atom. The summed E-state index contributed by atoms with van der Waals surface area (Å²) in [5.41, 5.74) is 0.800. The van der Waals surface area contributed by atoms with E-state index in [9.17, 15) is 4.79 Å². The van der Waals surface area contributed by atoms with Gasteiger partial charge in [-0.3, -0.25) is 4.79 Å². The van der Waals surface area contributed by atoms with Crippen molar-refractivity contribution in [2.45, 2.75) is 19.8 Å². The zero-order valence-electron chi connectivity index (χ0n) is 7.42. The number of aromatic nitrogens is 1. The molecular weight excluding hydrogens is 156 g/mol. The molecule has 0 radical (unpaired) electrons. The maximum atomic E-state index is 11.0. The van der Waals surface area contributed by atoms with Gasteiger partial charge in [-0.05, 0) is 5.92 Å². The number of carbonyl (C=O) groups is 1. The predicted octanol–water partition coefficient (Wildman–Crippen LogP) is 1.16. The molecule has 1 heterocycles. The Kier molecular flexibility index (Phi) is 2.47. The highest BCUT2D eigenvalue weighted by Gasteiger charge is 2.12. The fourth-order valence-corrected chi connectivity index (χ4v) is 0.791. The van der Waals surface area contributed by atoms with Crippen molar-refractivity contribution in [2.24, 2.45) is 0 Å². The molecule has 0 atom stereocenters. The number of hydrogen-bond donors (Lipinski definition) is 1. The van der Waals surface area contributed by atoms with Gasteiger partial charge in [0, 0.05) is 13.1 Å². The molecule has 1 rings (SSSR count). The van der Waals surface area contributed by atoms with Crippen molar-refractivity contribution in [1.82, 2.24) is 10.5 Å². The number of amides is 1. The minimum Gasteiger partial charge on any atom is -0.352 e. The first kappa shape index (κ1) is 8.77. The second-order valence-electron chi connectivity index (χ2n) is 2.85. The first-order valence-electron chi connectivity index (χ1n) is 3.84. The molecule has 0 unspecified atom stereocenters. The summed E-state index contributed by atoms with van der Waals surface area (Å²) in [7, 11) is 1.56. The zero-order valence-corrected chi connectivity index (χ0v) is 7.42. The predicted molar refractivity (Wildman–Crippen MR) is 44.0 cm³/mol. The third kappa shape index (κ3) is 1.64. The molecule has 0 fully saturated rings. The number of carbonyl (C=O) groups excluding carboxylic acids is 1. The summed E-state index contributed by atoms with van der Waals surface area (Å²) in [6.07, 6.45) is 0. The van der Waals surface area contributed by atoms with Crippen molar-refractivity contribution in [2.75, 3.05) is 7.05 Å². The fraction of sp³-hybridized carbons (Fsp3) is 0.500. The van der Waals surface area contributed by atoms with E-state index in [0.717, 1.165) is 5.69 Å². The van der Waals surface area contributed by atoms with E-state index in [4.69, 9.17) is 4.52 Å². The molecule has 12 heavy (non-hydrogen) atoms. The topological polar surface area (TPSA) is 55.1 Å². The number of hydrogen-bond acceptors (Lipinski definition) is 3. The van der Waals surface area contributed by atoms with Crippen LogP contribution in [0.4, 0.5) is 0 Å². The number of rotatable bonds is 2. The maximum Gasteiger partial charge on any atom is 0.289 e. The van der Waals surface area contributed by atoms with E-state index >= 15 is 0 Å². The summed E-state index contributed by atoms with van der Waals surface area (Å²) in [5.74, 6) is 0.308. The fourth-order valence-electron chi connectivity index (χ4n) is 0.791. The van der Waals surface area contributed by atoms with Crippen molar-refractivity contribution in [3.8, 4) is 0 Å². The van der Waals surface area contributed by atoms with E-state index < -0.39 is 0 Å². The van der Waals surface area contributed by atoms with E-state index in [2.05, 4.69) is 10.5 Å². The molecule has 0 saturated carbocycles. The molecule has 66 valence electrons. The molecular formula is C8H12N2O2. The standard InChI is InChI=1S/C8H12N2O2/c1-5(2)6-4-7(12-10-6)8(11)9-3/h4-5H,1-3H3,(H,9,11). The van der Waals surface area contributed by atoms with Gasteiger partial charge in [0.1, 0.15) is 0 Å². The van der Waals surface area contributed by atoms with Gasteiger partial charge in [0.05, 0.1) is 5.69 Å². The average molecular weight is 168 g/mol. The molecule has 0 aliphatic rings. The molecule has 1 N–H and O–H groups in total. The molecule has 4 nitrogen and oxygen atoms in total. The summed E-state index contributed by atoms with van der Waals surface area (Å²) in [5, 5.41) is 6.21. The quantitative estimate of drug-likeness (QED) is 0.720. The van der Waals surface area contributed by atoms with Crippen LogP contribution in [0.2, 0.25) is 0 Å².